The summed E-state index contributed by atoms with van der Waals surface area (Å²) in [5.41, 5.74) is 0. The lowest BCUT2D eigenvalue weighted by atomic mass is 10.5. The van der Waals surface area contributed by atoms with Gasteiger partial charge in [-0.25, -0.2) is 9.97 Å². The van der Waals surface area contributed by atoms with Crippen LogP contribution in [0.3, 0.4) is 0 Å². The van der Waals surface area contributed by atoms with E-state index in [0.29, 0.717) is 38.5 Å². The Morgan fingerprint density at radius 3 is 1.95 bits per heavy atom. The second kappa shape index (κ2) is 8.03. The molecule has 3 heterocycles. The van der Waals surface area contributed by atoms with E-state index in [1.54, 1.807) is 0 Å². The van der Waals surface area contributed by atoms with E-state index in [0.717, 1.165) is 16.2 Å². The Morgan fingerprint density at radius 2 is 1.57 bits per heavy atom. The van der Waals surface area contributed by atoms with Crippen LogP contribution in [0, 0.1) is 0 Å². The van der Waals surface area contributed by atoms with Gasteiger partial charge >= 0.3 is 0 Å². The Labute approximate surface area is 147 Å². The Bertz CT molecular complexity index is 628. The number of aldehydes is 1. The van der Waals surface area contributed by atoms with Gasteiger partial charge in [0.25, 0.3) is 0 Å². The molecule has 0 N–H and O–H groups in total. The van der Waals surface area contributed by atoms with Crippen molar-refractivity contribution in [3.05, 3.63) is 29.0 Å². The molecule has 1 aliphatic rings. The topological polar surface area (TPSA) is 61.3 Å². The normalized spacial score (nSPS) is 14.9. The molecule has 5 nitrogen and oxygen atoms in total. The lowest BCUT2D eigenvalue weighted by molar-refractivity contribution is -0.0413. The van der Waals surface area contributed by atoms with Crippen molar-refractivity contribution in [3.8, 4) is 0 Å². The van der Waals surface area contributed by atoms with Crippen LogP contribution in [-0.4, -0.2) is 29.5 Å². The summed E-state index contributed by atoms with van der Waals surface area (Å²) in [6.07, 6.45) is 0.258. The fourth-order valence-corrected chi connectivity index (χ4v) is 3.87. The second-order valence-electron chi connectivity index (χ2n) is 3.44. The van der Waals surface area contributed by atoms with E-state index >= 15 is 0 Å². The lowest BCUT2D eigenvalue weighted by Crippen LogP contribution is -1.94. The van der Waals surface area contributed by atoms with Gasteiger partial charge in [-0.3, -0.25) is 4.79 Å². The fourth-order valence-electron chi connectivity index (χ4n) is 1.30. The van der Waals surface area contributed by atoms with Gasteiger partial charge in [0.15, 0.2) is 26.7 Å². The number of aromatic nitrogens is 2. The lowest BCUT2D eigenvalue weighted by Gasteiger charge is -2.04. The molecule has 0 radical (unpaired) electrons. The maximum atomic E-state index is 10.1. The molecule has 0 saturated carbocycles. The van der Waals surface area contributed by atoms with E-state index in [-0.39, 0.29) is 11.4 Å². The standard InChI is InChI=1S/C6H5Cl2NO2S.C4HCl2NOS/c7-4-3(12-6(8)9-4)5-10-1-2-11-5;5-3-2(1-8)9-4(6)7-3/h5H,1-2H2;1H. The van der Waals surface area contributed by atoms with E-state index in [1.165, 1.54) is 11.3 Å². The summed E-state index contributed by atoms with van der Waals surface area (Å²) in [6.45, 7) is 1.19. The van der Waals surface area contributed by atoms with E-state index in [9.17, 15) is 4.79 Å². The van der Waals surface area contributed by atoms with E-state index < -0.39 is 0 Å². The van der Waals surface area contributed by atoms with Gasteiger partial charge in [0.05, 0.1) is 13.2 Å². The molecule has 0 bridgehead atoms. The summed E-state index contributed by atoms with van der Waals surface area (Å²) in [7, 11) is 0. The number of nitrogens with zero attached hydrogens (tertiary/aromatic N) is 2. The van der Waals surface area contributed by atoms with E-state index in [2.05, 4.69) is 9.97 Å². The van der Waals surface area contributed by atoms with Gasteiger partial charge in [-0.05, 0) is 0 Å². The number of rotatable bonds is 2. The molecular weight excluding hydrogens is 402 g/mol. The Hall–Kier alpha value is 0.01000. The molecule has 1 fully saturated rings. The molecule has 1 aliphatic heterocycles. The molecule has 0 spiro atoms. The molecule has 0 aromatic carbocycles. The minimum atomic E-state index is -0.373. The average Bonchev–Trinajstić information content (AvgIpc) is 3.11. The van der Waals surface area contributed by atoms with Crippen LogP contribution in [0.4, 0.5) is 0 Å². The van der Waals surface area contributed by atoms with Crippen molar-refractivity contribution >= 4 is 75.4 Å². The van der Waals surface area contributed by atoms with Crippen molar-refractivity contribution in [2.75, 3.05) is 13.2 Å². The van der Waals surface area contributed by atoms with Gasteiger partial charge in [-0.1, -0.05) is 57.7 Å². The predicted molar refractivity (Wildman–Crippen MR) is 84.3 cm³/mol. The van der Waals surface area contributed by atoms with E-state index in [4.69, 9.17) is 55.9 Å². The zero-order valence-corrected chi connectivity index (χ0v) is 14.7. The zero-order chi connectivity index (χ0) is 15.4. The first-order valence-electron chi connectivity index (χ1n) is 5.33. The molecular formula is C10H6Cl4N2O3S2. The van der Waals surface area contributed by atoms with Crippen LogP contribution in [0.2, 0.25) is 19.2 Å². The molecule has 114 valence electrons. The van der Waals surface area contributed by atoms with Crippen molar-refractivity contribution < 1.29 is 14.3 Å². The molecule has 21 heavy (non-hydrogen) atoms. The fraction of sp³-hybridized carbons (Fsp3) is 0.300. The SMILES string of the molecule is Clc1nc(Cl)c(C2OCCO2)s1.O=Cc1sc(Cl)nc1Cl. The Balaban J connectivity index is 0.000000161. The first-order chi connectivity index (χ1) is 10.0. The highest BCUT2D eigenvalue weighted by Gasteiger charge is 2.24. The van der Waals surface area contributed by atoms with Crippen LogP contribution >= 0.6 is 69.1 Å². The van der Waals surface area contributed by atoms with Gasteiger partial charge in [-0.15, -0.1) is 11.3 Å². The number of hydrogen-bond acceptors (Lipinski definition) is 7. The Kier molecular flexibility index (Phi) is 6.64. The summed E-state index contributed by atoms with van der Waals surface area (Å²) in [6, 6.07) is 0. The first kappa shape index (κ1) is 17.4. The largest absolute Gasteiger partial charge is 0.345 e. The smallest absolute Gasteiger partial charge is 0.196 e. The highest BCUT2D eigenvalue weighted by molar-refractivity contribution is 7.17. The molecule has 0 unspecified atom stereocenters. The molecule has 2 aromatic heterocycles. The van der Waals surface area contributed by atoms with Crippen LogP contribution in [0.5, 0.6) is 0 Å². The molecule has 0 aliphatic carbocycles. The number of ether oxygens (including phenoxy) is 2. The zero-order valence-electron chi connectivity index (χ0n) is 10.0. The molecule has 11 heteroatoms. The highest BCUT2D eigenvalue weighted by Crippen LogP contribution is 2.35. The van der Waals surface area contributed by atoms with Crippen LogP contribution in [0.15, 0.2) is 0 Å². The van der Waals surface area contributed by atoms with Crippen LogP contribution in [0.25, 0.3) is 0 Å². The Morgan fingerprint density at radius 1 is 1.00 bits per heavy atom. The molecule has 1 saturated heterocycles. The average molecular weight is 408 g/mol. The van der Waals surface area contributed by atoms with Crippen molar-refractivity contribution in [2.24, 2.45) is 0 Å². The predicted octanol–water partition coefficient (Wildman–Crippen LogP) is 4.76. The summed E-state index contributed by atoms with van der Waals surface area (Å²) in [4.78, 5) is 18.6. The van der Waals surface area contributed by atoms with Gasteiger partial charge < -0.3 is 9.47 Å². The first-order valence-corrected chi connectivity index (χ1v) is 8.47. The minimum absolute atomic E-state index is 0.181. The van der Waals surface area contributed by atoms with Gasteiger partial charge in [0.1, 0.15) is 14.9 Å². The van der Waals surface area contributed by atoms with Crippen LogP contribution in [-0.2, 0) is 9.47 Å². The maximum absolute atomic E-state index is 10.1. The molecule has 3 rings (SSSR count). The van der Waals surface area contributed by atoms with Crippen molar-refractivity contribution in [1.82, 2.24) is 9.97 Å². The molecule has 2 aromatic rings. The van der Waals surface area contributed by atoms with Gasteiger partial charge in [0.2, 0.25) is 0 Å². The quantitative estimate of drug-likeness (QED) is 0.671. The summed E-state index contributed by atoms with van der Waals surface area (Å²) in [5.74, 6) is 0. The monoisotopic (exact) mass is 406 g/mol. The minimum Gasteiger partial charge on any atom is -0.345 e. The molecule has 0 amide bonds. The second-order valence-corrected chi connectivity index (χ2v) is 7.38. The third-order valence-corrected chi connectivity index (χ3v) is 5.18. The summed E-state index contributed by atoms with van der Waals surface area (Å²) in [5, 5.41) is 0.553. The third-order valence-electron chi connectivity index (χ3n) is 2.11. The molecule has 0 atom stereocenters. The van der Waals surface area contributed by atoms with E-state index in [1.807, 2.05) is 0 Å². The van der Waals surface area contributed by atoms with Crippen molar-refractivity contribution in [1.29, 1.82) is 0 Å². The highest BCUT2D eigenvalue weighted by atomic mass is 35.5. The van der Waals surface area contributed by atoms with Gasteiger partial charge in [0, 0.05) is 0 Å². The number of carbonyl (C=O) groups excluding carboxylic acids is 1. The number of thiazole rings is 2. The van der Waals surface area contributed by atoms with Crippen LogP contribution in [0.1, 0.15) is 20.8 Å². The summed E-state index contributed by atoms with van der Waals surface area (Å²) < 4.78 is 11.2. The van der Waals surface area contributed by atoms with Crippen molar-refractivity contribution in [3.63, 3.8) is 0 Å². The number of halogens is 4. The number of carbonyl (C=O) groups is 1. The maximum Gasteiger partial charge on any atom is 0.196 e. The number of hydrogen-bond donors (Lipinski definition) is 0. The summed E-state index contributed by atoms with van der Waals surface area (Å²) >= 11 is 24.6. The van der Waals surface area contributed by atoms with Crippen molar-refractivity contribution in [2.45, 2.75) is 6.29 Å². The third kappa shape index (κ3) is 4.74. The van der Waals surface area contributed by atoms with Crippen LogP contribution < -0.4 is 0 Å². The van der Waals surface area contributed by atoms with Gasteiger partial charge in [-0.2, -0.15) is 0 Å².